The van der Waals surface area contributed by atoms with Crippen molar-refractivity contribution in [3.05, 3.63) is 46.8 Å². The molecule has 152 valence electrons. The molecule has 2 rings (SSSR count). The van der Waals surface area contributed by atoms with Crippen molar-refractivity contribution in [2.45, 2.75) is 33.0 Å². The van der Waals surface area contributed by atoms with E-state index < -0.39 is 18.0 Å². The number of nitrogens with zero attached hydrogens (tertiary/aromatic N) is 1. The Morgan fingerprint density at radius 1 is 1.21 bits per heavy atom. The zero-order valence-corrected chi connectivity index (χ0v) is 17.4. The maximum atomic E-state index is 12.2. The molecule has 1 atom stereocenters. The standard InChI is InChI=1S/C21H22N2O5S/c1-13(2)27-17-7-5-15(11-18(17)26-4)6-8-19(24)28-14(3)20(25)23-21-16(12-22)9-10-29-21/h5-11,13-14H,1-4H3,(H,23,25)/b8-6+/t14-/m0/s1. The summed E-state index contributed by atoms with van der Waals surface area (Å²) in [7, 11) is 1.54. The van der Waals surface area contributed by atoms with Gasteiger partial charge in [0.05, 0.1) is 18.8 Å². The maximum Gasteiger partial charge on any atom is 0.331 e. The van der Waals surface area contributed by atoms with Gasteiger partial charge in [-0.3, -0.25) is 4.79 Å². The highest BCUT2D eigenvalue weighted by Gasteiger charge is 2.18. The van der Waals surface area contributed by atoms with E-state index >= 15 is 0 Å². The van der Waals surface area contributed by atoms with Crippen molar-refractivity contribution < 1.29 is 23.8 Å². The van der Waals surface area contributed by atoms with Crippen LogP contribution in [-0.2, 0) is 14.3 Å². The van der Waals surface area contributed by atoms with Gasteiger partial charge in [0, 0.05) is 6.08 Å². The largest absolute Gasteiger partial charge is 0.493 e. The van der Waals surface area contributed by atoms with Crippen LogP contribution in [0.3, 0.4) is 0 Å². The van der Waals surface area contributed by atoms with Crippen molar-refractivity contribution in [1.29, 1.82) is 5.26 Å². The number of ether oxygens (including phenoxy) is 3. The number of nitriles is 1. The van der Waals surface area contributed by atoms with Gasteiger partial charge < -0.3 is 19.5 Å². The van der Waals surface area contributed by atoms with Crippen LogP contribution in [0.4, 0.5) is 5.00 Å². The first-order chi connectivity index (χ1) is 13.8. The van der Waals surface area contributed by atoms with Crippen LogP contribution in [0.15, 0.2) is 35.7 Å². The van der Waals surface area contributed by atoms with Gasteiger partial charge >= 0.3 is 5.97 Å². The predicted molar refractivity (Wildman–Crippen MR) is 111 cm³/mol. The Hall–Kier alpha value is -3.31. The van der Waals surface area contributed by atoms with Crippen molar-refractivity contribution in [3.63, 3.8) is 0 Å². The fourth-order valence-electron chi connectivity index (χ4n) is 2.28. The number of thiophene rings is 1. The minimum Gasteiger partial charge on any atom is -0.493 e. The lowest BCUT2D eigenvalue weighted by atomic mass is 10.2. The van der Waals surface area contributed by atoms with E-state index in [1.54, 1.807) is 35.7 Å². The van der Waals surface area contributed by atoms with Crippen LogP contribution in [0.5, 0.6) is 11.5 Å². The molecular formula is C21H22N2O5S. The van der Waals surface area contributed by atoms with Gasteiger partial charge in [0.1, 0.15) is 11.1 Å². The predicted octanol–water partition coefficient (Wildman–Crippen LogP) is 4.00. The minimum atomic E-state index is -1.02. The summed E-state index contributed by atoms with van der Waals surface area (Å²) in [5, 5.41) is 13.7. The number of hydrogen-bond donors (Lipinski definition) is 1. The van der Waals surface area contributed by atoms with E-state index in [9.17, 15) is 9.59 Å². The molecule has 8 heteroatoms. The second kappa shape index (κ2) is 10.3. The summed E-state index contributed by atoms with van der Waals surface area (Å²) in [6.07, 6.45) is 1.78. The monoisotopic (exact) mass is 414 g/mol. The highest BCUT2D eigenvalue weighted by molar-refractivity contribution is 7.14. The fraction of sp³-hybridized carbons (Fsp3) is 0.286. The smallest absolute Gasteiger partial charge is 0.331 e. The Kier molecular flexibility index (Phi) is 7.80. The van der Waals surface area contributed by atoms with Gasteiger partial charge in [-0.05, 0) is 56.0 Å². The Morgan fingerprint density at radius 3 is 2.62 bits per heavy atom. The highest BCUT2D eigenvalue weighted by atomic mass is 32.1. The normalized spacial score (nSPS) is 11.7. The zero-order valence-electron chi connectivity index (χ0n) is 16.6. The molecular weight excluding hydrogens is 392 g/mol. The summed E-state index contributed by atoms with van der Waals surface area (Å²) in [5.41, 5.74) is 1.07. The molecule has 0 bridgehead atoms. The molecule has 1 aromatic carbocycles. The number of carbonyl (C=O) groups excluding carboxylic acids is 2. The number of methoxy groups -OCH3 is 1. The Morgan fingerprint density at radius 2 is 1.97 bits per heavy atom. The number of esters is 1. The molecule has 7 nitrogen and oxygen atoms in total. The van der Waals surface area contributed by atoms with Crippen molar-refractivity contribution in [3.8, 4) is 17.6 Å². The third kappa shape index (κ3) is 6.36. The van der Waals surface area contributed by atoms with E-state index in [4.69, 9.17) is 19.5 Å². The van der Waals surface area contributed by atoms with Gasteiger partial charge in [-0.2, -0.15) is 5.26 Å². The van der Waals surface area contributed by atoms with E-state index in [-0.39, 0.29) is 6.10 Å². The molecule has 0 saturated carbocycles. The van der Waals surface area contributed by atoms with Crippen molar-refractivity contribution >= 4 is 34.3 Å². The first-order valence-electron chi connectivity index (χ1n) is 8.86. The molecule has 1 amide bonds. The van der Waals surface area contributed by atoms with E-state index in [0.29, 0.717) is 27.6 Å². The highest BCUT2D eigenvalue weighted by Crippen LogP contribution is 2.29. The number of carbonyl (C=O) groups is 2. The lowest BCUT2D eigenvalue weighted by molar-refractivity contribution is -0.148. The zero-order chi connectivity index (χ0) is 21.4. The third-order valence-electron chi connectivity index (χ3n) is 3.65. The first kappa shape index (κ1) is 22.0. The number of rotatable bonds is 8. The average Bonchev–Trinajstić information content (AvgIpc) is 3.13. The van der Waals surface area contributed by atoms with E-state index in [2.05, 4.69) is 5.32 Å². The van der Waals surface area contributed by atoms with Crippen LogP contribution in [0.2, 0.25) is 0 Å². The molecule has 0 aliphatic carbocycles. The quantitative estimate of drug-likeness (QED) is 0.518. The maximum absolute atomic E-state index is 12.2. The molecule has 0 aliphatic heterocycles. The topological polar surface area (TPSA) is 97.6 Å². The van der Waals surface area contributed by atoms with Crippen LogP contribution in [0.1, 0.15) is 31.9 Å². The number of anilines is 1. The average molecular weight is 414 g/mol. The summed E-state index contributed by atoms with van der Waals surface area (Å²) in [6.45, 7) is 5.29. The van der Waals surface area contributed by atoms with Crippen LogP contribution >= 0.6 is 11.3 Å². The van der Waals surface area contributed by atoms with E-state index in [1.165, 1.54) is 31.4 Å². The molecule has 1 heterocycles. The molecule has 0 fully saturated rings. The second-order valence-corrected chi connectivity index (χ2v) is 7.17. The Labute approximate surface area is 173 Å². The molecule has 2 aromatic rings. The van der Waals surface area contributed by atoms with Crippen LogP contribution in [0, 0.1) is 11.3 Å². The lowest BCUT2D eigenvalue weighted by Crippen LogP contribution is -2.29. The molecule has 0 spiro atoms. The van der Waals surface area contributed by atoms with Crippen molar-refractivity contribution in [1.82, 2.24) is 0 Å². The number of benzene rings is 1. The molecule has 1 aromatic heterocycles. The molecule has 29 heavy (non-hydrogen) atoms. The lowest BCUT2D eigenvalue weighted by Gasteiger charge is -2.14. The molecule has 0 radical (unpaired) electrons. The Balaban J connectivity index is 1.96. The van der Waals surface area contributed by atoms with Gasteiger partial charge in [0.2, 0.25) is 0 Å². The number of hydrogen-bond acceptors (Lipinski definition) is 7. The van der Waals surface area contributed by atoms with Crippen molar-refractivity contribution in [2.75, 3.05) is 12.4 Å². The summed E-state index contributed by atoms with van der Waals surface area (Å²) in [5.74, 6) is -0.0209. The molecule has 0 aliphatic rings. The van der Waals surface area contributed by atoms with Gasteiger partial charge in [0.15, 0.2) is 17.6 Å². The SMILES string of the molecule is COc1cc(/C=C/C(=O)O[C@@H](C)C(=O)Nc2sccc2C#N)ccc1OC(C)C. The fourth-order valence-corrected chi connectivity index (χ4v) is 3.02. The van der Waals surface area contributed by atoms with Gasteiger partial charge in [-0.1, -0.05) is 6.07 Å². The van der Waals surface area contributed by atoms with Crippen LogP contribution in [-0.4, -0.2) is 31.2 Å². The van der Waals surface area contributed by atoms with Gasteiger partial charge in [-0.15, -0.1) is 11.3 Å². The van der Waals surface area contributed by atoms with E-state index in [1.807, 2.05) is 19.9 Å². The van der Waals surface area contributed by atoms with Gasteiger partial charge in [0.25, 0.3) is 5.91 Å². The molecule has 0 unspecified atom stereocenters. The Bertz CT molecular complexity index is 943. The van der Waals surface area contributed by atoms with Crippen LogP contribution in [0.25, 0.3) is 6.08 Å². The van der Waals surface area contributed by atoms with Crippen molar-refractivity contribution in [2.24, 2.45) is 0 Å². The number of amides is 1. The minimum absolute atomic E-state index is 0.00585. The summed E-state index contributed by atoms with van der Waals surface area (Å²) < 4.78 is 16.1. The second-order valence-electron chi connectivity index (χ2n) is 6.25. The summed E-state index contributed by atoms with van der Waals surface area (Å²) >= 11 is 1.22. The summed E-state index contributed by atoms with van der Waals surface area (Å²) in [4.78, 5) is 24.2. The van der Waals surface area contributed by atoms with Gasteiger partial charge in [-0.25, -0.2) is 4.79 Å². The third-order valence-corrected chi connectivity index (χ3v) is 4.48. The molecule has 1 N–H and O–H groups in total. The summed E-state index contributed by atoms with van der Waals surface area (Å²) in [6, 6.07) is 8.85. The first-order valence-corrected chi connectivity index (χ1v) is 9.73. The number of nitrogens with one attached hydrogen (secondary N) is 1. The van der Waals surface area contributed by atoms with E-state index in [0.717, 1.165) is 0 Å². The van der Waals surface area contributed by atoms with Crippen LogP contribution < -0.4 is 14.8 Å². The molecule has 0 saturated heterocycles.